The van der Waals surface area contributed by atoms with E-state index in [9.17, 15) is 18.0 Å². The molecule has 10 heteroatoms. The van der Waals surface area contributed by atoms with E-state index in [0.717, 1.165) is 18.2 Å². The van der Waals surface area contributed by atoms with Gasteiger partial charge in [-0.15, -0.1) is 0 Å². The molecule has 3 aromatic rings. The van der Waals surface area contributed by atoms with E-state index in [-0.39, 0.29) is 29.4 Å². The minimum atomic E-state index is -4.54. The summed E-state index contributed by atoms with van der Waals surface area (Å²) in [7, 11) is 1.54. The summed E-state index contributed by atoms with van der Waals surface area (Å²) in [6.45, 7) is 0. The van der Waals surface area contributed by atoms with Gasteiger partial charge in [0.15, 0.2) is 0 Å². The number of halogens is 4. The van der Waals surface area contributed by atoms with Crippen molar-refractivity contribution in [3.05, 3.63) is 58.9 Å². The first-order valence-electron chi connectivity index (χ1n) is 8.40. The maximum absolute atomic E-state index is 12.8. The summed E-state index contributed by atoms with van der Waals surface area (Å²) in [5.74, 6) is 0.645. The van der Waals surface area contributed by atoms with Crippen LogP contribution in [0, 0.1) is 0 Å². The van der Waals surface area contributed by atoms with Crippen molar-refractivity contribution < 1.29 is 27.2 Å². The molecule has 0 aliphatic carbocycles. The van der Waals surface area contributed by atoms with Crippen molar-refractivity contribution in [2.75, 3.05) is 12.4 Å². The minimum absolute atomic E-state index is 0.00412. The normalized spacial score (nSPS) is 11.3. The molecule has 0 fully saturated rings. The van der Waals surface area contributed by atoms with Crippen LogP contribution in [0.2, 0.25) is 5.02 Å². The quantitative estimate of drug-likeness (QED) is 0.602. The van der Waals surface area contributed by atoms with E-state index in [1.807, 2.05) is 0 Å². The molecule has 0 spiro atoms. The first-order valence-corrected chi connectivity index (χ1v) is 8.77. The lowest BCUT2D eigenvalue weighted by molar-refractivity contribution is -0.137. The molecule has 1 heterocycles. The van der Waals surface area contributed by atoms with E-state index < -0.39 is 17.6 Å². The van der Waals surface area contributed by atoms with Gasteiger partial charge in [0, 0.05) is 18.4 Å². The third kappa shape index (κ3) is 5.26. The number of carbonyl (C=O) groups excluding carboxylic acids is 1. The van der Waals surface area contributed by atoms with Gasteiger partial charge in [0.25, 0.3) is 0 Å². The van der Waals surface area contributed by atoms with Gasteiger partial charge in [0.05, 0.1) is 23.4 Å². The van der Waals surface area contributed by atoms with Crippen molar-refractivity contribution in [1.29, 1.82) is 0 Å². The topological polar surface area (TPSA) is 77.2 Å². The van der Waals surface area contributed by atoms with Crippen LogP contribution in [0.3, 0.4) is 0 Å². The van der Waals surface area contributed by atoms with Gasteiger partial charge in [0.1, 0.15) is 5.75 Å². The first-order chi connectivity index (χ1) is 13.8. The fourth-order valence-electron chi connectivity index (χ4n) is 2.47. The summed E-state index contributed by atoms with van der Waals surface area (Å²) in [5, 5.41) is 6.23. The molecular formula is C19H15ClF3N3O3. The maximum atomic E-state index is 12.8. The number of hydrogen-bond acceptors (Lipinski definition) is 5. The van der Waals surface area contributed by atoms with Gasteiger partial charge < -0.3 is 14.6 Å². The number of aromatic nitrogens is 2. The second-order valence-electron chi connectivity index (χ2n) is 5.98. The number of aryl methyl sites for hydroxylation is 1. The average Bonchev–Trinajstić information content (AvgIpc) is 3.16. The van der Waals surface area contributed by atoms with E-state index in [2.05, 4.69) is 15.5 Å². The molecule has 0 atom stereocenters. The highest BCUT2D eigenvalue weighted by Gasteiger charge is 2.31. The number of hydrogen-bond donors (Lipinski definition) is 1. The lowest BCUT2D eigenvalue weighted by atomic mass is 10.2. The summed E-state index contributed by atoms with van der Waals surface area (Å²) >= 11 is 5.87. The van der Waals surface area contributed by atoms with Gasteiger partial charge in [-0.05, 0) is 30.3 Å². The monoisotopic (exact) mass is 425 g/mol. The van der Waals surface area contributed by atoms with E-state index in [0.29, 0.717) is 17.1 Å². The molecule has 0 unspecified atom stereocenters. The van der Waals surface area contributed by atoms with E-state index in [1.54, 1.807) is 24.3 Å². The van der Waals surface area contributed by atoms with Crippen LogP contribution in [0.25, 0.3) is 11.4 Å². The Hall–Kier alpha value is -3.07. The van der Waals surface area contributed by atoms with Gasteiger partial charge in [-0.25, -0.2) is 0 Å². The number of methoxy groups -OCH3 is 1. The molecule has 0 aliphatic rings. The number of alkyl halides is 3. The molecule has 0 bridgehead atoms. The molecular weight excluding hydrogens is 411 g/mol. The summed E-state index contributed by atoms with van der Waals surface area (Å²) in [6, 6.07) is 9.77. The Bertz CT molecular complexity index is 1020. The Morgan fingerprint density at radius 1 is 1.24 bits per heavy atom. The highest BCUT2D eigenvalue weighted by atomic mass is 35.5. The molecule has 3 rings (SSSR count). The van der Waals surface area contributed by atoms with Crippen molar-refractivity contribution in [3.8, 4) is 17.1 Å². The van der Waals surface area contributed by atoms with Gasteiger partial charge in [-0.2, -0.15) is 18.2 Å². The second kappa shape index (κ2) is 8.52. The summed E-state index contributed by atoms with van der Waals surface area (Å²) in [5.41, 5.74) is -0.342. The Kier molecular flexibility index (Phi) is 6.07. The van der Waals surface area contributed by atoms with Crippen LogP contribution in [0.1, 0.15) is 17.9 Å². The first kappa shape index (κ1) is 20.7. The van der Waals surface area contributed by atoms with Crippen LogP contribution in [-0.2, 0) is 17.4 Å². The molecule has 1 aromatic heterocycles. The molecule has 0 radical (unpaired) electrons. The van der Waals surface area contributed by atoms with Crippen LogP contribution >= 0.6 is 11.6 Å². The number of carbonyl (C=O) groups is 1. The predicted octanol–water partition coefficient (Wildman–Crippen LogP) is 4.99. The fraction of sp³-hybridized carbons (Fsp3) is 0.211. The number of amides is 1. The minimum Gasteiger partial charge on any atom is -0.497 e. The van der Waals surface area contributed by atoms with Crippen molar-refractivity contribution in [3.63, 3.8) is 0 Å². The number of anilines is 1. The molecule has 0 aliphatic heterocycles. The largest absolute Gasteiger partial charge is 0.497 e. The van der Waals surface area contributed by atoms with Gasteiger partial charge in [-0.3, -0.25) is 4.79 Å². The molecule has 0 saturated carbocycles. The molecule has 152 valence electrons. The molecule has 1 amide bonds. The standard InChI is InChI=1S/C19H15ClF3N3O3/c1-28-13-4-2-3-11(9-13)18-25-17(29-26-18)8-7-16(27)24-15-10-12(19(21,22)23)5-6-14(15)20/h2-6,9-10H,7-8H2,1H3,(H,24,27). The summed E-state index contributed by atoms with van der Waals surface area (Å²) in [4.78, 5) is 16.3. The number of nitrogens with one attached hydrogen (secondary N) is 1. The van der Waals surface area contributed by atoms with Crippen LogP contribution in [0.5, 0.6) is 5.75 Å². The fourth-order valence-corrected chi connectivity index (χ4v) is 2.63. The Balaban J connectivity index is 1.62. The van der Waals surface area contributed by atoms with Crippen LogP contribution in [0.15, 0.2) is 47.0 Å². The highest BCUT2D eigenvalue weighted by molar-refractivity contribution is 6.33. The second-order valence-corrected chi connectivity index (χ2v) is 6.39. The van der Waals surface area contributed by atoms with E-state index in [4.69, 9.17) is 20.9 Å². The van der Waals surface area contributed by atoms with Crippen molar-refractivity contribution in [2.24, 2.45) is 0 Å². The third-order valence-electron chi connectivity index (χ3n) is 3.93. The van der Waals surface area contributed by atoms with Crippen molar-refractivity contribution in [2.45, 2.75) is 19.0 Å². The van der Waals surface area contributed by atoms with Crippen LogP contribution in [-0.4, -0.2) is 23.2 Å². The zero-order valence-electron chi connectivity index (χ0n) is 15.1. The molecule has 2 aromatic carbocycles. The molecule has 29 heavy (non-hydrogen) atoms. The zero-order chi connectivity index (χ0) is 21.0. The Morgan fingerprint density at radius 3 is 2.76 bits per heavy atom. The van der Waals surface area contributed by atoms with E-state index >= 15 is 0 Å². The van der Waals surface area contributed by atoms with E-state index in [1.165, 1.54) is 7.11 Å². The number of rotatable bonds is 6. The molecule has 0 saturated heterocycles. The summed E-state index contributed by atoms with van der Waals surface area (Å²) < 4.78 is 48.7. The Labute approximate surface area is 168 Å². The van der Waals surface area contributed by atoms with Crippen molar-refractivity contribution >= 4 is 23.2 Å². The number of ether oxygens (including phenoxy) is 1. The molecule has 6 nitrogen and oxygen atoms in total. The number of benzene rings is 2. The summed E-state index contributed by atoms with van der Waals surface area (Å²) in [6.07, 6.45) is -4.50. The lowest BCUT2D eigenvalue weighted by Crippen LogP contribution is -2.14. The lowest BCUT2D eigenvalue weighted by Gasteiger charge is -2.11. The van der Waals surface area contributed by atoms with Gasteiger partial charge >= 0.3 is 6.18 Å². The van der Waals surface area contributed by atoms with Gasteiger partial charge in [-0.1, -0.05) is 28.9 Å². The number of nitrogens with zero attached hydrogens (tertiary/aromatic N) is 2. The predicted molar refractivity (Wildman–Crippen MR) is 99.7 cm³/mol. The molecule has 1 N–H and O–H groups in total. The SMILES string of the molecule is COc1cccc(-c2noc(CCC(=O)Nc3cc(C(F)(F)F)ccc3Cl)n2)c1. The Morgan fingerprint density at radius 2 is 2.03 bits per heavy atom. The van der Waals surface area contributed by atoms with Crippen molar-refractivity contribution in [1.82, 2.24) is 10.1 Å². The third-order valence-corrected chi connectivity index (χ3v) is 4.26. The van der Waals surface area contributed by atoms with Crippen LogP contribution in [0.4, 0.5) is 18.9 Å². The average molecular weight is 426 g/mol. The highest BCUT2D eigenvalue weighted by Crippen LogP contribution is 2.33. The van der Waals surface area contributed by atoms with Crippen LogP contribution < -0.4 is 10.1 Å². The maximum Gasteiger partial charge on any atom is 0.416 e. The zero-order valence-corrected chi connectivity index (χ0v) is 15.8. The van der Waals surface area contributed by atoms with Gasteiger partial charge in [0.2, 0.25) is 17.6 Å². The smallest absolute Gasteiger partial charge is 0.416 e.